The summed E-state index contributed by atoms with van der Waals surface area (Å²) in [7, 11) is -3.08. The number of hydrogen-bond donors (Lipinski definition) is 2. The Balaban J connectivity index is 2.29. The van der Waals surface area contributed by atoms with Gasteiger partial charge in [-0.1, -0.05) is 12.1 Å². The first-order valence-electron chi connectivity index (χ1n) is 6.08. The molecule has 0 spiro atoms. The third-order valence-corrected chi connectivity index (χ3v) is 4.67. The van der Waals surface area contributed by atoms with Gasteiger partial charge in [0.2, 0.25) is 9.84 Å². The van der Waals surface area contributed by atoms with Crippen molar-refractivity contribution >= 4 is 15.5 Å². The largest absolute Gasteiger partial charge is 0.378 e. The first kappa shape index (κ1) is 15.1. The van der Waals surface area contributed by atoms with E-state index in [0.29, 0.717) is 13.1 Å². The minimum Gasteiger partial charge on any atom is -0.378 e. The minimum absolute atomic E-state index is 0.141. The number of rotatable bonds is 5. The number of ether oxygens (including phenoxy) is 1. The Labute approximate surface area is 116 Å². The van der Waals surface area contributed by atoms with Gasteiger partial charge >= 0.3 is 5.76 Å². The molecule has 0 aliphatic carbocycles. The predicted octanol–water partition coefficient (Wildman–Crippen LogP) is 1.08. The molecular formula is C12H16F2N2O3S. The molecule has 2 N–H and O–H groups in total. The summed E-state index contributed by atoms with van der Waals surface area (Å²) in [5, 5.41) is 6.06. The molecule has 1 aliphatic rings. The molecule has 0 amide bonds. The monoisotopic (exact) mass is 306 g/mol. The lowest BCUT2D eigenvalue weighted by molar-refractivity contribution is 0.111. The minimum atomic E-state index is -4.63. The number of benzene rings is 1. The van der Waals surface area contributed by atoms with Crippen molar-refractivity contribution in [2.45, 2.75) is 22.8 Å². The number of hydrogen-bond acceptors (Lipinski definition) is 5. The molecule has 0 aromatic heterocycles. The fraction of sp³-hybridized carbons (Fsp3) is 0.500. The molecule has 1 aliphatic heterocycles. The molecule has 0 saturated carbocycles. The summed E-state index contributed by atoms with van der Waals surface area (Å²) in [4.78, 5) is -0.392. The van der Waals surface area contributed by atoms with Gasteiger partial charge in [0.25, 0.3) is 0 Å². The zero-order valence-electron chi connectivity index (χ0n) is 10.8. The van der Waals surface area contributed by atoms with E-state index >= 15 is 0 Å². The van der Waals surface area contributed by atoms with Crippen molar-refractivity contribution in [1.82, 2.24) is 5.32 Å². The Hall–Kier alpha value is -1.25. The summed E-state index contributed by atoms with van der Waals surface area (Å²) >= 11 is 0. The number of halogens is 2. The molecule has 8 heteroatoms. The molecule has 0 radical (unpaired) electrons. The van der Waals surface area contributed by atoms with Crippen LogP contribution in [0.15, 0.2) is 29.2 Å². The Morgan fingerprint density at radius 2 is 2.05 bits per heavy atom. The molecule has 2 rings (SSSR count). The van der Waals surface area contributed by atoms with E-state index in [1.54, 1.807) is 13.2 Å². The van der Waals surface area contributed by atoms with Gasteiger partial charge in [0.1, 0.15) is 0 Å². The van der Waals surface area contributed by atoms with Gasteiger partial charge in [-0.25, -0.2) is 8.42 Å². The van der Waals surface area contributed by atoms with Crippen LogP contribution < -0.4 is 10.6 Å². The van der Waals surface area contributed by atoms with Crippen LogP contribution in [0.3, 0.4) is 0 Å². The Morgan fingerprint density at radius 1 is 1.35 bits per heavy atom. The normalized spacial score (nSPS) is 23.2. The van der Waals surface area contributed by atoms with Crippen LogP contribution in [-0.2, 0) is 14.6 Å². The Bertz CT molecular complexity index is 566. The van der Waals surface area contributed by atoms with Crippen LogP contribution in [0, 0.1) is 0 Å². The van der Waals surface area contributed by atoms with Crippen molar-refractivity contribution in [2.24, 2.45) is 0 Å². The van der Waals surface area contributed by atoms with Crippen molar-refractivity contribution in [3.8, 4) is 0 Å². The molecular weight excluding hydrogens is 290 g/mol. The summed E-state index contributed by atoms with van der Waals surface area (Å²) in [6.45, 7) is 1.19. The number of methoxy groups -OCH3 is 1. The number of nitrogens with one attached hydrogen (secondary N) is 2. The average molecular weight is 306 g/mol. The summed E-state index contributed by atoms with van der Waals surface area (Å²) in [5.41, 5.74) is 0.170. The predicted molar refractivity (Wildman–Crippen MR) is 70.7 cm³/mol. The molecule has 1 saturated heterocycles. The van der Waals surface area contributed by atoms with E-state index in [2.05, 4.69) is 10.6 Å². The van der Waals surface area contributed by atoms with Crippen LogP contribution in [-0.4, -0.2) is 46.5 Å². The molecule has 1 aromatic rings. The molecule has 1 aromatic carbocycles. The Morgan fingerprint density at radius 3 is 2.70 bits per heavy atom. The first-order valence-corrected chi connectivity index (χ1v) is 7.62. The lowest BCUT2D eigenvalue weighted by Gasteiger charge is -2.21. The third-order valence-electron chi connectivity index (χ3n) is 3.23. The van der Waals surface area contributed by atoms with E-state index in [1.165, 1.54) is 18.2 Å². The zero-order chi connectivity index (χ0) is 14.8. The fourth-order valence-electron chi connectivity index (χ4n) is 2.18. The smallest absolute Gasteiger partial charge is 0.341 e. The maximum absolute atomic E-state index is 12.7. The van der Waals surface area contributed by atoms with Gasteiger partial charge in [-0.05, 0) is 12.1 Å². The first-order chi connectivity index (χ1) is 9.46. The summed E-state index contributed by atoms with van der Waals surface area (Å²) in [5.74, 6) is -3.44. The topological polar surface area (TPSA) is 67.4 Å². The average Bonchev–Trinajstić information content (AvgIpc) is 2.86. The molecule has 20 heavy (non-hydrogen) atoms. The van der Waals surface area contributed by atoms with E-state index in [-0.39, 0.29) is 17.8 Å². The van der Waals surface area contributed by atoms with Gasteiger partial charge in [-0.2, -0.15) is 8.78 Å². The van der Waals surface area contributed by atoms with Crippen molar-refractivity contribution in [1.29, 1.82) is 0 Å². The van der Waals surface area contributed by atoms with Gasteiger partial charge < -0.3 is 15.4 Å². The van der Waals surface area contributed by atoms with Gasteiger partial charge in [-0.3, -0.25) is 0 Å². The molecule has 112 valence electrons. The van der Waals surface area contributed by atoms with Crippen LogP contribution >= 0.6 is 0 Å². The highest BCUT2D eigenvalue weighted by Crippen LogP contribution is 2.27. The van der Waals surface area contributed by atoms with Crippen molar-refractivity contribution in [3.05, 3.63) is 24.3 Å². The van der Waals surface area contributed by atoms with E-state index < -0.39 is 20.5 Å². The van der Waals surface area contributed by atoms with Gasteiger partial charge in [0.15, 0.2) is 0 Å². The highest BCUT2D eigenvalue weighted by Gasteiger charge is 2.32. The van der Waals surface area contributed by atoms with Crippen LogP contribution in [0.5, 0.6) is 0 Å². The summed E-state index contributed by atoms with van der Waals surface area (Å²) < 4.78 is 53.9. The second kappa shape index (κ2) is 6.02. The molecule has 1 fully saturated rings. The van der Waals surface area contributed by atoms with E-state index in [0.717, 1.165) is 0 Å². The van der Waals surface area contributed by atoms with E-state index in [9.17, 15) is 17.2 Å². The number of anilines is 1. The SMILES string of the molecule is CO[C@H]1CNCC1Nc1ccccc1S(=O)(=O)C(F)F. The third kappa shape index (κ3) is 2.92. The molecule has 1 heterocycles. The van der Waals surface area contributed by atoms with Crippen LogP contribution in [0.2, 0.25) is 0 Å². The number of alkyl halides is 2. The molecule has 1 unspecified atom stereocenters. The lowest BCUT2D eigenvalue weighted by Crippen LogP contribution is -2.34. The van der Waals surface area contributed by atoms with Gasteiger partial charge in [0, 0.05) is 20.2 Å². The maximum Gasteiger partial charge on any atom is 0.341 e. The lowest BCUT2D eigenvalue weighted by atomic mass is 10.2. The zero-order valence-corrected chi connectivity index (χ0v) is 11.7. The van der Waals surface area contributed by atoms with Crippen LogP contribution in [0.1, 0.15) is 0 Å². The molecule has 5 nitrogen and oxygen atoms in total. The standard InChI is InChI=1S/C12H16F2N2O3S/c1-19-10-7-15-6-9(10)16-8-4-2-3-5-11(8)20(17,18)12(13)14/h2-5,9-10,12,15-16H,6-7H2,1H3/t9?,10-/m0/s1. The van der Waals surface area contributed by atoms with Crippen molar-refractivity contribution < 1.29 is 21.9 Å². The quantitative estimate of drug-likeness (QED) is 0.852. The highest BCUT2D eigenvalue weighted by atomic mass is 32.2. The Kier molecular flexibility index (Phi) is 4.56. The van der Waals surface area contributed by atoms with Crippen molar-refractivity contribution in [3.63, 3.8) is 0 Å². The van der Waals surface area contributed by atoms with Crippen LogP contribution in [0.4, 0.5) is 14.5 Å². The second-order valence-corrected chi connectivity index (χ2v) is 6.37. The highest BCUT2D eigenvalue weighted by molar-refractivity contribution is 7.91. The number of sulfone groups is 1. The summed E-state index contributed by atoms with van der Waals surface area (Å²) in [6, 6.07) is 5.49. The molecule has 2 atom stereocenters. The van der Waals surface area contributed by atoms with Gasteiger partial charge in [-0.15, -0.1) is 0 Å². The maximum atomic E-state index is 12.7. The van der Waals surface area contributed by atoms with E-state index in [1.807, 2.05) is 0 Å². The fourth-order valence-corrected chi connectivity index (χ4v) is 3.07. The molecule has 0 bridgehead atoms. The van der Waals surface area contributed by atoms with Gasteiger partial charge in [0.05, 0.1) is 22.7 Å². The van der Waals surface area contributed by atoms with E-state index in [4.69, 9.17) is 4.74 Å². The van der Waals surface area contributed by atoms with Crippen LogP contribution in [0.25, 0.3) is 0 Å². The van der Waals surface area contributed by atoms with Crippen molar-refractivity contribution in [2.75, 3.05) is 25.5 Å². The number of para-hydroxylation sites is 1. The second-order valence-electron chi connectivity index (χ2n) is 4.49. The summed E-state index contributed by atoms with van der Waals surface area (Å²) in [6.07, 6.45) is -0.141.